The highest BCUT2D eigenvalue weighted by molar-refractivity contribution is 7.99. The van der Waals surface area contributed by atoms with Gasteiger partial charge in [-0.05, 0) is 6.92 Å². The van der Waals surface area contributed by atoms with Crippen LogP contribution in [-0.4, -0.2) is 41.4 Å². The quantitative estimate of drug-likeness (QED) is 0.488. The zero-order valence-corrected chi connectivity index (χ0v) is 11.2. The van der Waals surface area contributed by atoms with Crippen LogP contribution in [0.15, 0.2) is 11.2 Å². The van der Waals surface area contributed by atoms with Gasteiger partial charge in [0.05, 0.1) is 12.4 Å². The van der Waals surface area contributed by atoms with Crippen molar-refractivity contribution in [2.75, 3.05) is 30.9 Å². The van der Waals surface area contributed by atoms with Gasteiger partial charge in [0.15, 0.2) is 5.16 Å². The van der Waals surface area contributed by atoms with E-state index in [4.69, 9.17) is 16.2 Å². The number of hydrogen-bond acceptors (Lipinski definition) is 7. The first-order valence-electron chi connectivity index (χ1n) is 5.32. The van der Waals surface area contributed by atoms with Crippen LogP contribution in [0.2, 0.25) is 0 Å². The number of ether oxygens (including phenoxy) is 1. The number of rotatable bonds is 6. The fourth-order valence-electron chi connectivity index (χ4n) is 1.26. The molecule has 1 aromatic heterocycles. The van der Waals surface area contributed by atoms with Crippen molar-refractivity contribution in [1.82, 2.24) is 15.3 Å². The van der Waals surface area contributed by atoms with E-state index in [-0.39, 0.29) is 29.3 Å². The Balaban J connectivity index is 2.42. The van der Waals surface area contributed by atoms with Gasteiger partial charge < -0.3 is 21.5 Å². The molecule has 1 atom stereocenters. The van der Waals surface area contributed by atoms with Crippen molar-refractivity contribution in [3.8, 4) is 0 Å². The number of thioether (sulfide) groups is 1. The van der Waals surface area contributed by atoms with Gasteiger partial charge in [0, 0.05) is 19.2 Å². The van der Waals surface area contributed by atoms with Crippen LogP contribution in [0.25, 0.3) is 0 Å². The number of nitrogen functional groups attached to an aromatic ring is 2. The Bertz CT molecular complexity index is 395. The molecule has 1 heterocycles. The lowest BCUT2D eigenvalue weighted by Crippen LogP contribution is -2.36. The summed E-state index contributed by atoms with van der Waals surface area (Å²) in [4.78, 5) is 19.5. The lowest BCUT2D eigenvalue weighted by Gasteiger charge is -2.12. The number of carbonyl (C=O) groups excluding carboxylic acids is 1. The Hall–Kier alpha value is -1.54. The standard InChI is InChI=1S/C10H17N5O2S/c1-6(4-17-2)13-9(16)5-18-10-14-7(11)3-8(12)15-10/h3,6H,4-5H2,1-2H3,(H,13,16)(H4,11,12,14,15). The summed E-state index contributed by atoms with van der Waals surface area (Å²) in [6.07, 6.45) is 0. The first kappa shape index (κ1) is 14.5. The summed E-state index contributed by atoms with van der Waals surface area (Å²) in [5.41, 5.74) is 11.0. The molecule has 1 aromatic rings. The molecule has 18 heavy (non-hydrogen) atoms. The molecule has 5 N–H and O–H groups in total. The van der Waals surface area contributed by atoms with Crippen LogP contribution < -0.4 is 16.8 Å². The molecule has 1 rings (SSSR count). The van der Waals surface area contributed by atoms with E-state index in [9.17, 15) is 4.79 Å². The van der Waals surface area contributed by atoms with E-state index in [0.717, 1.165) is 0 Å². The van der Waals surface area contributed by atoms with Crippen molar-refractivity contribution in [2.24, 2.45) is 0 Å². The third-order valence-electron chi connectivity index (χ3n) is 1.90. The van der Waals surface area contributed by atoms with E-state index in [1.807, 2.05) is 6.92 Å². The van der Waals surface area contributed by atoms with Gasteiger partial charge in [-0.25, -0.2) is 9.97 Å². The molecular formula is C10H17N5O2S. The highest BCUT2D eigenvalue weighted by Gasteiger charge is 2.09. The number of amides is 1. The van der Waals surface area contributed by atoms with Crippen LogP contribution in [0.3, 0.4) is 0 Å². The summed E-state index contributed by atoms with van der Waals surface area (Å²) in [5.74, 6) is 0.669. The third kappa shape index (κ3) is 5.19. The zero-order chi connectivity index (χ0) is 13.5. The molecule has 0 aliphatic heterocycles. The first-order valence-corrected chi connectivity index (χ1v) is 6.31. The average molecular weight is 271 g/mol. The Morgan fingerprint density at radius 2 is 2.11 bits per heavy atom. The second kappa shape index (κ2) is 7.02. The van der Waals surface area contributed by atoms with Crippen molar-refractivity contribution in [3.05, 3.63) is 6.07 Å². The average Bonchev–Trinajstić information content (AvgIpc) is 2.25. The summed E-state index contributed by atoms with van der Waals surface area (Å²) in [5, 5.41) is 3.17. The number of methoxy groups -OCH3 is 1. The fraction of sp³-hybridized carbons (Fsp3) is 0.500. The number of anilines is 2. The van der Waals surface area contributed by atoms with E-state index in [1.165, 1.54) is 17.8 Å². The summed E-state index contributed by atoms with van der Waals surface area (Å²) < 4.78 is 4.92. The molecule has 0 radical (unpaired) electrons. The number of carbonyl (C=O) groups is 1. The SMILES string of the molecule is COCC(C)NC(=O)CSc1nc(N)cc(N)n1. The fourth-order valence-corrected chi connectivity index (χ4v) is 1.95. The van der Waals surface area contributed by atoms with Crippen LogP contribution >= 0.6 is 11.8 Å². The molecule has 0 fully saturated rings. The zero-order valence-electron chi connectivity index (χ0n) is 10.3. The van der Waals surface area contributed by atoms with Gasteiger partial charge >= 0.3 is 0 Å². The Morgan fingerprint density at radius 1 is 1.50 bits per heavy atom. The van der Waals surface area contributed by atoms with Crippen LogP contribution in [-0.2, 0) is 9.53 Å². The number of nitrogens with zero attached hydrogens (tertiary/aromatic N) is 2. The van der Waals surface area contributed by atoms with Crippen molar-refractivity contribution in [2.45, 2.75) is 18.1 Å². The summed E-state index contributed by atoms with van der Waals surface area (Å²) >= 11 is 1.18. The van der Waals surface area contributed by atoms with Crippen molar-refractivity contribution in [1.29, 1.82) is 0 Å². The molecule has 1 amide bonds. The second-order valence-electron chi connectivity index (χ2n) is 3.71. The maximum atomic E-state index is 11.6. The number of nitrogens with two attached hydrogens (primary N) is 2. The highest BCUT2D eigenvalue weighted by atomic mass is 32.2. The van der Waals surface area contributed by atoms with Gasteiger partial charge in [-0.1, -0.05) is 11.8 Å². The summed E-state index contributed by atoms with van der Waals surface area (Å²) in [6, 6.07) is 1.43. The van der Waals surface area contributed by atoms with E-state index in [2.05, 4.69) is 15.3 Å². The monoisotopic (exact) mass is 271 g/mol. The van der Waals surface area contributed by atoms with Crippen LogP contribution in [0, 0.1) is 0 Å². The first-order chi connectivity index (χ1) is 8.51. The topological polar surface area (TPSA) is 116 Å². The lowest BCUT2D eigenvalue weighted by molar-refractivity contribution is -0.119. The number of aromatic nitrogens is 2. The molecule has 1 unspecified atom stereocenters. The summed E-state index contributed by atoms with van der Waals surface area (Å²) in [6.45, 7) is 2.33. The van der Waals surface area contributed by atoms with E-state index in [0.29, 0.717) is 11.8 Å². The maximum absolute atomic E-state index is 11.6. The molecule has 0 bridgehead atoms. The minimum Gasteiger partial charge on any atom is -0.383 e. The summed E-state index contributed by atoms with van der Waals surface area (Å²) in [7, 11) is 1.58. The van der Waals surface area contributed by atoms with Crippen LogP contribution in [0.1, 0.15) is 6.92 Å². The minimum atomic E-state index is -0.117. The van der Waals surface area contributed by atoms with Crippen molar-refractivity contribution < 1.29 is 9.53 Å². The van der Waals surface area contributed by atoms with Gasteiger partial charge in [0.25, 0.3) is 0 Å². The minimum absolute atomic E-state index is 0.0325. The second-order valence-corrected chi connectivity index (χ2v) is 4.66. The van der Waals surface area contributed by atoms with Crippen molar-refractivity contribution >= 4 is 29.3 Å². The smallest absolute Gasteiger partial charge is 0.230 e. The van der Waals surface area contributed by atoms with E-state index in [1.54, 1.807) is 7.11 Å². The predicted octanol–water partition coefficient (Wildman–Crippen LogP) is -0.116. The van der Waals surface area contributed by atoms with Gasteiger partial charge in [-0.3, -0.25) is 4.79 Å². The number of nitrogens with one attached hydrogen (secondary N) is 1. The van der Waals surface area contributed by atoms with Gasteiger partial charge in [0.1, 0.15) is 11.6 Å². The molecule has 7 nitrogen and oxygen atoms in total. The largest absolute Gasteiger partial charge is 0.383 e. The van der Waals surface area contributed by atoms with Crippen molar-refractivity contribution in [3.63, 3.8) is 0 Å². The molecule has 100 valence electrons. The van der Waals surface area contributed by atoms with Crippen LogP contribution in [0.5, 0.6) is 0 Å². The Labute approximate surface area is 110 Å². The molecule has 0 saturated heterocycles. The Kier molecular flexibility index (Phi) is 5.66. The molecule has 0 aliphatic carbocycles. The Morgan fingerprint density at radius 3 is 2.67 bits per heavy atom. The molecule has 0 aromatic carbocycles. The predicted molar refractivity (Wildman–Crippen MR) is 71.1 cm³/mol. The third-order valence-corrected chi connectivity index (χ3v) is 2.75. The molecular weight excluding hydrogens is 254 g/mol. The highest BCUT2D eigenvalue weighted by Crippen LogP contribution is 2.15. The van der Waals surface area contributed by atoms with Crippen LogP contribution in [0.4, 0.5) is 11.6 Å². The number of hydrogen-bond donors (Lipinski definition) is 3. The van der Waals surface area contributed by atoms with E-state index >= 15 is 0 Å². The van der Waals surface area contributed by atoms with Gasteiger partial charge in [-0.15, -0.1) is 0 Å². The lowest BCUT2D eigenvalue weighted by atomic mass is 10.3. The maximum Gasteiger partial charge on any atom is 0.230 e. The van der Waals surface area contributed by atoms with Gasteiger partial charge in [0.2, 0.25) is 5.91 Å². The molecule has 0 aliphatic rings. The molecule has 8 heteroatoms. The van der Waals surface area contributed by atoms with E-state index < -0.39 is 0 Å². The van der Waals surface area contributed by atoms with Gasteiger partial charge in [-0.2, -0.15) is 0 Å². The molecule has 0 saturated carbocycles. The molecule has 0 spiro atoms. The normalized spacial score (nSPS) is 12.1.